The van der Waals surface area contributed by atoms with Crippen LogP contribution in [-0.2, 0) is 6.18 Å². The number of halogens is 3. The van der Waals surface area contributed by atoms with E-state index in [4.69, 9.17) is 5.11 Å². The number of carbonyl (C=O) groups is 2. The Hall–Kier alpha value is -2.63. The van der Waals surface area contributed by atoms with E-state index in [1.165, 1.54) is 24.3 Å². The van der Waals surface area contributed by atoms with E-state index in [2.05, 4.69) is 0 Å². The third-order valence-electron chi connectivity index (χ3n) is 2.95. The molecule has 3 nitrogen and oxygen atoms in total. The molecular formula is C15H9F3O3. The Morgan fingerprint density at radius 3 is 2.14 bits per heavy atom. The second kappa shape index (κ2) is 5.40. The highest BCUT2D eigenvalue weighted by Crippen LogP contribution is 2.33. The van der Waals surface area contributed by atoms with Crippen LogP contribution < -0.4 is 0 Å². The maximum Gasteiger partial charge on any atom is 0.416 e. The van der Waals surface area contributed by atoms with Gasteiger partial charge in [-0.05, 0) is 35.4 Å². The van der Waals surface area contributed by atoms with Gasteiger partial charge in [0.15, 0.2) is 6.29 Å². The Balaban J connectivity index is 2.55. The molecule has 0 bridgehead atoms. The fraction of sp³-hybridized carbons (Fsp3) is 0.0667. The van der Waals surface area contributed by atoms with Gasteiger partial charge in [-0.3, -0.25) is 4.79 Å². The van der Waals surface area contributed by atoms with Gasteiger partial charge in [0.25, 0.3) is 0 Å². The summed E-state index contributed by atoms with van der Waals surface area (Å²) in [7, 11) is 0. The molecule has 6 heteroatoms. The molecule has 0 spiro atoms. The summed E-state index contributed by atoms with van der Waals surface area (Å²) < 4.78 is 38.2. The van der Waals surface area contributed by atoms with E-state index in [-0.39, 0.29) is 16.7 Å². The van der Waals surface area contributed by atoms with Crippen molar-refractivity contribution in [2.24, 2.45) is 0 Å². The summed E-state index contributed by atoms with van der Waals surface area (Å²) in [4.78, 5) is 21.7. The van der Waals surface area contributed by atoms with Gasteiger partial charge in [0, 0.05) is 5.56 Å². The summed E-state index contributed by atoms with van der Waals surface area (Å²) in [6.07, 6.45) is -4.06. The SMILES string of the molecule is O=Cc1ccc(C(F)(F)F)cc1-c1ccc(C(=O)O)cc1. The number of carboxylic acid groups (broad SMARTS) is 1. The molecule has 0 saturated heterocycles. The molecule has 0 unspecified atom stereocenters. The maximum absolute atomic E-state index is 12.7. The standard InChI is InChI=1S/C15H9F3O3/c16-15(17,18)12-6-5-11(8-19)13(7-12)9-1-3-10(4-2-9)14(20)21/h1-8H,(H,20,21). The number of benzene rings is 2. The van der Waals surface area contributed by atoms with Crippen molar-refractivity contribution in [3.05, 3.63) is 59.2 Å². The Morgan fingerprint density at radius 1 is 1.05 bits per heavy atom. The fourth-order valence-electron chi connectivity index (χ4n) is 1.88. The summed E-state index contributed by atoms with van der Waals surface area (Å²) in [5.74, 6) is -1.14. The largest absolute Gasteiger partial charge is 0.478 e. The van der Waals surface area contributed by atoms with Crippen LogP contribution in [0.2, 0.25) is 0 Å². The highest BCUT2D eigenvalue weighted by atomic mass is 19.4. The topological polar surface area (TPSA) is 54.4 Å². The maximum atomic E-state index is 12.7. The molecule has 0 aliphatic carbocycles. The van der Waals surface area contributed by atoms with E-state index in [0.717, 1.165) is 18.2 Å². The minimum Gasteiger partial charge on any atom is -0.478 e. The lowest BCUT2D eigenvalue weighted by Crippen LogP contribution is -2.05. The molecule has 1 N–H and O–H groups in total. The van der Waals surface area contributed by atoms with E-state index in [1.807, 2.05) is 0 Å². The fourth-order valence-corrected chi connectivity index (χ4v) is 1.88. The van der Waals surface area contributed by atoms with E-state index >= 15 is 0 Å². The van der Waals surface area contributed by atoms with Crippen LogP contribution in [-0.4, -0.2) is 17.4 Å². The molecule has 2 rings (SSSR count). The molecule has 0 fully saturated rings. The molecule has 0 aromatic heterocycles. The third kappa shape index (κ3) is 3.10. The average Bonchev–Trinajstić information content (AvgIpc) is 2.45. The summed E-state index contributed by atoms with van der Waals surface area (Å²) in [6, 6.07) is 8.07. The van der Waals surface area contributed by atoms with Crippen molar-refractivity contribution in [1.29, 1.82) is 0 Å². The molecule has 2 aromatic carbocycles. The minimum atomic E-state index is -4.52. The van der Waals surface area contributed by atoms with Gasteiger partial charge in [-0.15, -0.1) is 0 Å². The van der Waals surface area contributed by atoms with Crippen LogP contribution in [0.25, 0.3) is 11.1 Å². The van der Waals surface area contributed by atoms with E-state index < -0.39 is 17.7 Å². The molecule has 0 amide bonds. The Kier molecular flexibility index (Phi) is 3.80. The highest BCUT2D eigenvalue weighted by Gasteiger charge is 2.31. The van der Waals surface area contributed by atoms with Gasteiger partial charge in [-0.25, -0.2) is 4.79 Å². The first-order chi connectivity index (χ1) is 9.82. The molecule has 2 aromatic rings. The smallest absolute Gasteiger partial charge is 0.416 e. The van der Waals surface area contributed by atoms with E-state index in [1.54, 1.807) is 0 Å². The Labute approximate surface area is 117 Å². The molecule has 108 valence electrons. The second-order valence-corrected chi connectivity index (χ2v) is 4.30. The van der Waals surface area contributed by atoms with Gasteiger partial charge < -0.3 is 5.11 Å². The Bertz CT molecular complexity index is 688. The first kappa shape index (κ1) is 14.8. The first-order valence-electron chi connectivity index (χ1n) is 5.83. The third-order valence-corrected chi connectivity index (χ3v) is 2.95. The predicted octanol–water partition coefficient (Wildman–Crippen LogP) is 3.88. The number of alkyl halides is 3. The number of aromatic carboxylic acids is 1. The van der Waals surface area contributed by atoms with E-state index in [9.17, 15) is 22.8 Å². The second-order valence-electron chi connectivity index (χ2n) is 4.30. The number of aldehydes is 1. The van der Waals surface area contributed by atoms with Crippen LogP contribution >= 0.6 is 0 Å². The lowest BCUT2D eigenvalue weighted by atomic mass is 9.97. The highest BCUT2D eigenvalue weighted by molar-refractivity contribution is 5.90. The summed E-state index contributed by atoms with van der Waals surface area (Å²) in [6.45, 7) is 0. The van der Waals surface area contributed by atoms with Gasteiger partial charge in [-0.1, -0.05) is 18.2 Å². The number of carboxylic acids is 1. The van der Waals surface area contributed by atoms with Gasteiger partial charge in [-0.2, -0.15) is 13.2 Å². The molecule has 0 atom stereocenters. The predicted molar refractivity (Wildman–Crippen MR) is 69.2 cm³/mol. The number of carbonyl (C=O) groups excluding carboxylic acids is 1. The molecular weight excluding hydrogens is 285 g/mol. The van der Waals surface area contributed by atoms with Crippen molar-refractivity contribution in [3.8, 4) is 11.1 Å². The van der Waals surface area contributed by atoms with Crippen molar-refractivity contribution in [2.45, 2.75) is 6.18 Å². The van der Waals surface area contributed by atoms with Gasteiger partial charge in [0.2, 0.25) is 0 Å². The lowest BCUT2D eigenvalue weighted by molar-refractivity contribution is -0.137. The zero-order valence-corrected chi connectivity index (χ0v) is 10.5. The molecule has 0 aliphatic heterocycles. The van der Waals surface area contributed by atoms with Crippen LogP contribution in [0.4, 0.5) is 13.2 Å². The minimum absolute atomic E-state index is 0.0124. The zero-order chi connectivity index (χ0) is 15.6. The number of hydrogen-bond donors (Lipinski definition) is 1. The summed E-state index contributed by atoms with van der Waals surface area (Å²) in [5, 5.41) is 8.79. The van der Waals surface area contributed by atoms with Crippen LogP contribution in [0.5, 0.6) is 0 Å². The molecule has 0 heterocycles. The first-order valence-corrected chi connectivity index (χ1v) is 5.83. The van der Waals surface area contributed by atoms with Crippen molar-refractivity contribution < 1.29 is 27.9 Å². The normalized spacial score (nSPS) is 11.2. The van der Waals surface area contributed by atoms with Gasteiger partial charge >= 0.3 is 12.1 Å². The molecule has 0 aliphatic rings. The van der Waals surface area contributed by atoms with Crippen molar-refractivity contribution >= 4 is 12.3 Å². The monoisotopic (exact) mass is 294 g/mol. The van der Waals surface area contributed by atoms with Crippen molar-refractivity contribution in [3.63, 3.8) is 0 Å². The van der Waals surface area contributed by atoms with Crippen LogP contribution in [0.3, 0.4) is 0 Å². The zero-order valence-electron chi connectivity index (χ0n) is 10.5. The van der Waals surface area contributed by atoms with Crippen LogP contribution in [0.15, 0.2) is 42.5 Å². The lowest BCUT2D eigenvalue weighted by Gasteiger charge is -2.11. The van der Waals surface area contributed by atoms with Crippen LogP contribution in [0, 0.1) is 0 Å². The summed E-state index contributed by atoms with van der Waals surface area (Å²) >= 11 is 0. The van der Waals surface area contributed by atoms with Gasteiger partial charge in [0.1, 0.15) is 0 Å². The molecule has 0 radical (unpaired) electrons. The molecule has 21 heavy (non-hydrogen) atoms. The average molecular weight is 294 g/mol. The quantitative estimate of drug-likeness (QED) is 0.874. The van der Waals surface area contributed by atoms with E-state index in [0.29, 0.717) is 11.8 Å². The number of rotatable bonds is 3. The van der Waals surface area contributed by atoms with Crippen molar-refractivity contribution in [2.75, 3.05) is 0 Å². The van der Waals surface area contributed by atoms with Crippen LogP contribution in [0.1, 0.15) is 26.3 Å². The summed E-state index contributed by atoms with van der Waals surface area (Å²) in [5.41, 5.74) is -0.306. The van der Waals surface area contributed by atoms with Gasteiger partial charge in [0.05, 0.1) is 11.1 Å². The molecule has 0 saturated carbocycles. The van der Waals surface area contributed by atoms with Crippen molar-refractivity contribution in [1.82, 2.24) is 0 Å². The Morgan fingerprint density at radius 2 is 1.67 bits per heavy atom. The number of hydrogen-bond acceptors (Lipinski definition) is 2.